The predicted octanol–water partition coefficient (Wildman–Crippen LogP) is 1.92. The zero-order valence-corrected chi connectivity index (χ0v) is 10.1. The topological polar surface area (TPSA) is 41.1 Å². The molecule has 1 aromatic heterocycles. The summed E-state index contributed by atoms with van der Waals surface area (Å²) >= 11 is 1.67. The van der Waals surface area contributed by atoms with E-state index in [0.29, 0.717) is 6.42 Å². The molecule has 0 fully saturated rings. The zero-order valence-electron chi connectivity index (χ0n) is 9.25. The maximum absolute atomic E-state index is 11.5. The highest BCUT2D eigenvalue weighted by atomic mass is 32.1. The van der Waals surface area contributed by atoms with Gasteiger partial charge in [-0.15, -0.1) is 11.3 Å². The van der Waals surface area contributed by atoms with Gasteiger partial charge in [0.2, 0.25) is 5.91 Å². The van der Waals surface area contributed by atoms with Crippen molar-refractivity contribution in [2.24, 2.45) is 0 Å². The first-order chi connectivity index (χ1) is 7.24. The third-order valence-electron chi connectivity index (χ3n) is 2.18. The monoisotopic (exact) mass is 226 g/mol. The molecule has 0 spiro atoms. The van der Waals surface area contributed by atoms with E-state index >= 15 is 0 Å². The van der Waals surface area contributed by atoms with E-state index in [4.69, 9.17) is 0 Å². The molecule has 1 heterocycles. The average Bonchev–Trinajstić information content (AvgIpc) is 2.70. The Morgan fingerprint density at radius 3 is 3.00 bits per heavy atom. The maximum Gasteiger partial charge on any atom is 0.220 e. The molecule has 1 amide bonds. The van der Waals surface area contributed by atoms with E-state index in [1.807, 2.05) is 31.5 Å². The summed E-state index contributed by atoms with van der Waals surface area (Å²) in [6.07, 6.45) is 1.48. The lowest BCUT2D eigenvalue weighted by atomic mass is 10.2. The number of carbonyl (C=O) groups is 1. The second-order valence-electron chi connectivity index (χ2n) is 3.51. The lowest BCUT2D eigenvalue weighted by molar-refractivity contribution is -0.121. The fraction of sp³-hybridized carbons (Fsp3) is 0.545. The fourth-order valence-corrected chi connectivity index (χ4v) is 2.08. The molecule has 1 atom stereocenters. The Balaban J connectivity index is 2.26. The maximum atomic E-state index is 11.5. The molecular formula is C11H18N2OS. The molecular weight excluding hydrogens is 208 g/mol. The number of rotatable bonds is 6. The van der Waals surface area contributed by atoms with E-state index in [-0.39, 0.29) is 11.9 Å². The standard InChI is InChI=1S/C11H18N2OS/c1-9(10-5-4-8-15-10)13-11(14)6-3-7-12-2/h4-5,8-9,12H,3,6-7H2,1-2H3,(H,13,14). The Morgan fingerprint density at radius 2 is 2.40 bits per heavy atom. The number of amides is 1. The summed E-state index contributed by atoms with van der Waals surface area (Å²) in [7, 11) is 1.90. The van der Waals surface area contributed by atoms with Crippen molar-refractivity contribution in [2.45, 2.75) is 25.8 Å². The Bertz CT molecular complexity index is 285. The van der Waals surface area contributed by atoms with Crippen molar-refractivity contribution in [3.63, 3.8) is 0 Å². The van der Waals surface area contributed by atoms with Crippen molar-refractivity contribution < 1.29 is 4.79 Å². The van der Waals surface area contributed by atoms with Crippen LogP contribution in [-0.2, 0) is 4.79 Å². The number of carbonyl (C=O) groups excluding carboxylic acids is 1. The van der Waals surface area contributed by atoms with Crippen LogP contribution >= 0.6 is 11.3 Å². The van der Waals surface area contributed by atoms with Crippen molar-refractivity contribution in [3.8, 4) is 0 Å². The van der Waals surface area contributed by atoms with Crippen LogP contribution in [-0.4, -0.2) is 19.5 Å². The van der Waals surface area contributed by atoms with Crippen molar-refractivity contribution in [2.75, 3.05) is 13.6 Å². The smallest absolute Gasteiger partial charge is 0.220 e. The van der Waals surface area contributed by atoms with Gasteiger partial charge in [-0.2, -0.15) is 0 Å². The number of nitrogens with one attached hydrogen (secondary N) is 2. The largest absolute Gasteiger partial charge is 0.349 e. The molecule has 0 aliphatic rings. The minimum atomic E-state index is 0.131. The highest BCUT2D eigenvalue weighted by Crippen LogP contribution is 2.17. The lowest BCUT2D eigenvalue weighted by Gasteiger charge is -2.11. The molecule has 0 aliphatic carbocycles. The summed E-state index contributed by atoms with van der Waals surface area (Å²) in [6.45, 7) is 2.91. The molecule has 2 N–H and O–H groups in total. The molecule has 1 unspecified atom stereocenters. The molecule has 84 valence electrons. The Labute approximate surface area is 94.9 Å². The van der Waals surface area contributed by atoms with Gasteiger partial charge in [-0.25, -0.2) is 0 Å². The quantitative estimate of drug-likeness (QED) is 0.728. The van der Waals surface area contributed by atoms with Crippen molar-refractivity contribution in [1.82, 2.24) is 10.6 Å². The second-order valence-corrected chi connectivity index (χ2v) is 4.49. The van der Waals surface area contributed by atoms with Crippen LogP contribution in [0.5, 0.6) is 0 Å². The van der Waals surface area contributed by atoms with Gasteiger partial charge in [0.1, 0.15) is 0 Å². The molecule has 4 heteroatoms. The van der Waals surface area contributed by atoms with Gasteiger partial charge in [0.05, 0.1) is 6.04 Å². The van der Waals surface area contributed by atoms with Gasteiger partial charge in [-0.1, -0.05) is 6.07 Å². The molecule has 0 bridgehead atoms. The van der Waals surface area contributed by atoms with Gasteiger partial charge in [-0.05, 0) is 38.4 Å². The fourth-order valence-electron chi connectivity index (χ4n) is 1.35. The summed E-state index contributed by atoms with van der Waals surface area (Å²) in [5, 5.41) is 8.04. The van der Waals surface area contributed by atoms with Crippen molar-refractivity contribution in [1.29, 1.82) is 0 Å². The van der Waals surface area contributed by atoms with Crippen LogP contribution in [0.2, 0.25) is 0 Å². The van der Waals surface area contributed by atoms with Crippen LogP contribution in [0.15, 0.2) is 17.5 Å². The molecule has 1 aromatic rings. The number of thiophene rings is 1. The molecule has 0 radical (unpaired) electrons. The first-order valence-electron chi connectivity index (χ1n) is 5.21. The third-order valence-corrected chi connectivity index (χ3v) is 3.23. The summed E-state index contributed by atoms with van der Waals surface area (Å²) in [5.41, 5.74) is 0. The predicted molar refractivity (Wildman–Crippen MR) is 64.0 cm³/mol. The average molecular weight is 226 g/mol. The van der Waals surface area contributed by atoms with Crippen LogP contribution in [0.1, 0.15) is 30.7 Å². The molecule has 15 heavy (non-hydrogen) atoms. The molecule has 0 aliphatic heterocycles. The first kappa shape index (κ1) is 12.2. The molecule has 0 saturated carbocycles. The van der Waals surface area contributed by atoms with Crippen molar-refractivity contribution >= 4 is 17.2 Å². The summed E-state index contributed by atoms with van der Waals surface area (Å²) in [4.78, 5) is 12.7. The van der Waals surface area contributed by atoms with E-state index < -0.39 is 0 Å². The van der Waals surface area contributed by atoms with Gasteiger partial charge < -0.3 is 10.6 Å². The van der Waals surface area contributed by atoms with Gasteiger partial charge in [0.25, 0.3) is 0 Å². The van der Waals surface area contributed by atoms with Crippen LogP contribution < -0.4 is 10.6 Å². The van der Waals surface area contributed by atoms with Crippen LogP contribution in [0.3, 0.4) is 0 Å². The van der Waals surface area contributed by atoms with Gasteiger partial charge >= 0.3 is 0 Å². The van der Waals surface area contributed by atoms with Crippen LogP contribution in [0.25, 0.3) is 0 Å². The number of hydrogen-bond donors (Lipinski definition) is 2. The van der Waals surface area contributed by atoms with E-state index in [1.54, 1.807) is 11.3 Å². The highest BCUT2D eigenvalue weighted by molar-refractivity contribution is 7.10. The van der Waals surface area contributed by atoms with Gasteiger partial charge in [0, 0.05) is 11.3 Å². The Morgan fingerprint density at radius 1 is 1.60 bits per heavy atom. The molecule has 0 aromatic carbocycles. The minimum Gasteiger partial charge on any atom is -0.349 e. The van der Waals surface area contributed by atoms with Crippen molar-refractivity contribution in [3.05, 3.63) is 22.4 Å². The van der Waals surface area contributed by atoms with Crippen LogP contribution in [0.4, 0.5) is 0 Å². The summed E-state index contributed by atoms with van der Waals surface area (Å²) in [6, 6.07) is 4.18. The van der Waals surface area contributed by atoms with E-state index in [1.165, 1.54) is 4.88 Å². The third kappa shape index (κ3) is 4.44. The van der Waals surface area contributed by atoms with Gasteiger partial charge in [0.15, 0.2) is 0 Å². The SMILES string of the molecule is CNCCCC(=O)NC(C)c1cccs1. The summed E-state index contributed by atoms with van der Waals surface area (Å²) < 4.78 is 0. The summed E-state index contributed by atoms with van der Waals surface area (Å²) in [5.74, 6) is 0.131. The van der Waals surface area contributed by atoms with E-state index in [9.17, 15) is 4.79 Å². The Kier molecular flexibility index (Phi) is 5.36. The molecule has 0 saturated heterocycles. The van der Waals surface area contributed by atoms with E-state index in [0.717, 1.165) is 13.0 Å². The molecule has 1 rings (SSSR count). The normalized spacial score (nSPS) is 12.4. The first-order valence-corrected chi connectivity index (χ1v) is 6.09. The Hall–Kier alpha value is -0.870. The number of hydrogen-bond acceptors (Lipinski definition) is 3. The van der Waals surface area contributed by atoms with Crippen LogP contribution in [0, 0.1) is 0 Å². The minimum absolute atomic E-state index is 0.131. The lowest BCUT2D eigenvalue weighted by Crippen LogP contribution is -2.26. The van der Waals surface area contributed by atoms with E-state index in [2.05, 4.69) is 10.6 Å². The highest BCUT2D eigenvalue weighted by Gasteiger charge is 2.09. The molecule has 3 nitrogen and oxygen atoms in total. The van der Waals surface area contributed by atoms with Gasteiger partial charge in [-0.3, -0.25) is 4.79 Å². The second kappa shape index (κ2) is 6.58. The zero-order chi connectivity index (χ0) is 11.1.